The average molecular weight is 502 g/mol. The molecular weight excluding hydrogens is 480 g/mol. The molecule has 2 aromatic carbocycles. The van der Waals surface area contributed by atoms with E-state index in [9.17, 15) is 22.4 Å². The van der Waals surface area contributed by atoms with Gasteiger partial charge in [-0.3, -0.25) is 9.59 Å². The van der Waals surface area contributed by atoms with Crippen molar-refractivity contribution >= 4 is 51.3 Å². The van der Waals surface area contributed by atoms with Gasteiger partial charge in [-0.2, -0.15) is 0 Å². The summed E-state index contributed by atoms with van der Waals surface area (Å²) in [7, 11) is -4.06. The first-order valence-electron chi connectivity index (χ1n) is 9.69. The van der Waals surface area contributed by atoms with Crippen LogP contribution in [0.25, 0.3) is 0 Å². The molecule has 1 saturated carbocycles. The number of anilines is 1. The van der Waals surface area contributed by atoms with Crippen molar-refractivity contribution in [3.05, 3.63) is 58.4 Å². The lowest BCUT2D eigenvalue weighted by atomic mass is 10.1. The highest BCUT2D eigenvalue weighted by Gasteiger charge is 2.41. The van der Waals surface area contributed by atoms with Crippen LogP contribution in [0.1, 0.15) is 35.7 Å². The fourth-order valence-electron chi connectivity index (χ4n) is 3.48. The monoisotopic (exact) mass is 501 g/mol. The van der Waals surface area contributed by atoms with Crippen molar-refractivity contribution < 1.29 is 22.4 Å². The summed E-state index contributed by atoms with van der Waals surface area (Å²) >= 11 is 5.92. The molecule has 4 rings (SSSR count). The number of sulfone groups is 1. The summed E-state index contributed by atoms with van der Waals surface area (Å²) in [5.41, 5.74) is 5.73. The Morgan fingerprint density at radius 3 is 2.50 bits per heavy atom. The molecule has 1 aliphatic carbocycles. The molecule has 32 heavy (non-hydrogen) atoms. The Morgan fingerprint density at radius 1 is 1.28 bits per heavy atom. The van der Waals surface area contributed by atoms with Gasteiger partial charge >= 0.3 is 0 Å². The number of hydrogen-bond acceptors (Lipinski definition) is 5. The van der Waals surface area contributed by atoms with E-state index in [0.717, 1.165) is 25.0 Å². The summed E-state index contributed by atoms with van der Waals surface area (Å²) in [6, 6.07) is 7.24. The van der Waals surface area contributed by atoms with Crippen molar-refractivity contribution in [1.29, 1.82) is 0 Å². The summed E-state index contributed by atoms with van der Waals surface area (Å²) in [5.74, 6) is -2.92. The Kier molecular flexibility index (Phi) is 6.59. The smallest absolute Gasteiger partial charge is 0.254 e. The quantitative estimate of drug-likeness (QED) is 0.669. The van der Waals surface area contributed by atoms with Crippen LogP contribution in [0.15, 0.2) is 41.3 Å². The van der Waals surface area contributed by atoms with Crippen LogP contribution in [0, 0.1) is 5.82 Å². The number of carbonyl (C=O) groups excluding carboxylic acids is 2. The second-order valence-electron chi connectivity index (χ2n) is 8.25. The largest absolute Gasteiger partial charge is 0.347 e. The van der Waals surface area contributed by atoms with Gasteiger partial charge in [-0.25, -0.2) is 12.8 Å². The molecule has 1 aliphatic heterocycles. The number of amides is 2. The number of benzene rings is 2. The number of rotatable bonds is 4. The molecule has 11 heteroatoms. The minimum atomic E-state index is -4.06. The third kappa shape index (κ3) is 4.76. The van der Waals surface area contributed by atoms with E-state index in [1.54, 1.807) is 24.3 Å². The Hall–Kier alpha value is -2.20. The van der Waals surface area contributed by atoms with Crippen molar-refractivity contribution in [2.45, 2.75) is 42.8 Å². The van der Waals surface area contributed by atoms with Crippen LogP contribution in [0.3, 0.4) is 0 Å². The number of hydrogen-bond donors (Lipinski definition) is 2. The molecule has 0 saturated heterocycles. The molecule has 3 N–H and O–H groups in total. The number of nitrogens with two attached hydrogens (primary N) is 1. The fraction of sp³-hybridized carbons (Fsp3) is 0.333. The van der Waals surface area contributed by atoms with Crippen molar-refractivity contribution in [3.63, 3.8) is 0 Å². The molecule has 0 bridgehead atoms. The van der Waals surface area contributed by atoms with Gasteiger partial charge in [0.2, 0.25) is 5.91 Å². The second kappa shape index (κ2) is 8.62. The molecule has 172 valence electrons. The summed E-state index contributed by atoms with van der Waals surface area (Å²) in [6.45, 7) is 1.82. The predicted octanol–water partition coefficient (Wildman–Crippen LogP) is 2.83. The van der Waals surface area contributed by atoms with Crippen LogP contribution in [0.2, 0.25) is 5.02 Å². The molecule has 1 atom stereocenters. The first kappa shape index (κ1) is 24.4. The molecule has 2 aliphatic rings. The van der Waals surface area contributed by atoms with Crippen LogP contribution < -0.4 is 16.0 Å². The molecule has 0 unspecified atom stereocenters. The third-order valence-electron chi connectivity index (χ3n) is 5.57. The normalized spacial score (nSPS) is 20.6. The molecule has 0 spiro atoms. The zero-order valence-electron chi connectivity index (χ0n) is 17.1. The van der Waals surface area contributed by atoms with Gasteiger partial charge in [0.25, 0.3) is 5.91 Å². The van der Waals surface area contributed by atoms with Crippen molar-refractivity contribution in [2.75, 3.05) is 10.7 Å². The summed E-state index contributed by atoms with van der Waals surface area (Å²) in [6.07, 6.45) is 1.55. The standard InChI is InChI=1S/C21H21ClFN3O4S.ClH/c1-21(6-7-21)25-19(27)14-8-17-18(9-15(14)23)31(29,30)11-16(24)20(28)26(17)10-12-2-4-13(22)5-3-12;/h2-5,8-9,16H,6-7,10-11,24H2,1H3,(H,25,27);1H/t16-;/m0./s1. The molecular formula is C21H22Cl2FN3O4S. The van der Waals surface area contributed by atoms with Crippen LogP contribution >= 0.6 is 24.0 Å². The van der Waals surface area contributed by atoms with E-state index in [1.807, 2.05) is 6.92 Å². The lowest BCUT2D eigenvalue weighted by molar-refractivity contribution is -0.119. The molecule has 2 amide bonds. The minimum absolute atomic E-state index is 0. The number of fused-ring (bicyclic) bond motifs is 1. The average Bonchev–Trinajstić information content (AvgIpc) is 3.43. The van der Waals surface area contributed by atoms with Gasteiger partial charge in [-0.1, -0.05) is 23.7 Å². The highest BCUT2D eigenvalue weighted by molar-refractivity contribution is 7.91. The lowest BCUT2D eigenvalue weighted by Gasteiger charge is -2.25. The SMILES string of the molecule is CC1(NC(=O)c2cc3c(cc2F)S(=O)(=O)C[C@H](N)C(=O)N3Cc2ccc(Cl)cc2)CC1.Cl. The Labute approximate surface area is 196 Å². The molecule has 0 aromatic heterocycles. The highest BCUT2D eigenvalue weighted by Crippen LogP contribution is 2.37. The maximum Gasteiger partial charge on any atom is 0.254 e. The Balaban J connectivity index is 0.00000289. The van der Waals surface area contributed by atoms with Gasteiger partial charge in [0.15, 0.2) is 9.84 Å². The van der Waals surface area contributed by atoms with E-state index in [2.05, 4.69) is 5.32 Å². The molecule has 1 fully saturated rings. The Morgan fingerprint density at radius 2 is 1.91 bits per heavy atom. The van der Waals surface area contributed by atoms with Gasteiger partial charge in [0.1, 0.15) is 5.82 Å². The van der Waals surface area contributed by atoms with Crippen molar-refractivity contribution in [1.82, 2.24) is 5.32 Å². The molecule has 2 aromatic rings. The second-order valence-corrected chi connectivity index (χ2v) is 10.7. The summed E-state index contributed by atoms with van der Waals surface area (Å²) in [5, 5.41) is 3.25. The summed E-state index contributed by atoms with van der Waals surface area (Å²) in [4.78, 5) is 26.5. The van der Waals surface area contributed by atoms with Crippen molar-refractivity contribution in [2.24, 2.45) is 5.73 Å². The summed E-state index contributed by atoms with van der Waals surface area (Å²) < 4.78 is 40.5. The minimum Gasteiger partial charge on any atom is -0.347 e. The van der Waals surface area contributed by atoms with Crippen LogP contribution in [-0.2, 0) is 21.2 Å². The highest BCUT2D eigenvalue weighted by atomic mass is 35.5. The van der Waals surface area contributed by atoms with Gasteiger partial charge in [0, 0.05) is 10.6 Å². The number of nitrogens with one attached hydrogen (secondary N) is 1. The predicted molar refractivity (Wildman–Crippen MR) is 121 cm³/mol. The zero-order chi connectivity index (χ0) is 22.6. The van der Waals surface area contributed by atoms with Crippen LogP contribution in [0.5, 0.6) is 0 Å². The van der Waals surface area contributed by atoms with Gasteiger partial charge < -0.3 is 16.0 Å². The Bertz CT molecular complexity index is 1180. The molecule has 7 nitrogen and oxygen atoms in total. The van der Waals surface area contributed by atoms with Gasteiger partial charge in [-0.15, -0.1) is 12.4 Å². The maximum atomic E-state index is 14.8. The molecule has 0 radical (unpaired) electrons. The number of nitrogens with zero attached hydrogens (tertiary/aromatic N) is 1. The maximum absolute atomic E-state index is 14.8. The first-order chi connectivity index (χ1) is 14.5. The zero-order valence-corrected chi connectivity index (χ0v) is 19.5. The first-order valence-corrected chi connectivity index (χ1v) is 11.7. The number of halogens is 3. The van der Waals surface area contributed by atoms with E-state index in [4.69, 9.17) is 17.3 Å². The molecule has 1 heterocycles. The topological polar surface area (TPSA) is 110 Å². The van der Waals surface area contributed by atoms with Gasteiger partial charge in [0.05, 0.1) is 34.5 Å². The fourth-order valence-corrected chi connectivity index (χ4v) is 5.18. The lowest BCUT2D eigenvalue weighted by Crippen LogP contribution is -2.45. The van der Waals surface area contributed by atoms with E-state index in [-0.39, 0.29) is 35.1 Å². The third-order valence-corrected chi connectivity index (χ3v) is 7.62. The van der Waals surface area contributed by atoms with Gasteiger partial charge in [-0.05, 0) is 49.6 Å². The number of carbonyl (C=O) groups is 2. The van der Waals surface area contributed by atoms with E-state index in [0.29, 0.717) is 10.6 Å². The van der Waals surface area contributed by atoms with Crippen molar-refractivity contribution in [3.8, 4) is 0 Å². The van der Waals surface area contributed by atoms with Crippen LogP contribution in [0.4, 0.5) is 10.1 Å². The van der Waals surface area contributed by atoms with E-state index < -0.39 is 44.8 Å². The van der Waals surface area contributed by atoms with Crippen LogP contribution in [-0.4, -0.2) is 37.6 Å². The van der Waals surface area contributed by atoms with E-state index in [1.165, 1.54) is 4.90 Å². The van der Waals surface area contributed by atoms with E-state index >= 15 is 0 Å².